The summed E-state index contributed by atoms with van der Waals surface area (Å²) in [5.41, 5.74) is 5.53. The van der Waals surface area contributed by atoms with Gasteiger partial charge in [0.1, 0.15) is 5.75 Å². The smallest absolute Gasteiger partial charge is 0.435 e. The number of aromatic nitrogens is 1. The summed E-state index contributed by atoms with van der Waals surface area (Å²) < 4.78 is 7.55. The summed E-state index contributed by atoms with van der Waals surface area (Å²) in [5.74, 6) is 0.442. The maximum absolute atomic E-state index is 13.2. The Morgan fingerprint density at radius 3 is 2.62 bits per heavy atom. The fourth-order valence-corrected chi connectivity index (χ4v) is 4.24. The van der Waals surface area contributed by atoms with E-state index < -0.39 is 6.09 Å². The van der Waals surface area contributed by atoms with Crippen LogP contribution in [-0.4, -0.2) is 48.3 Å². The van der Waals surface area contributed by atoms with E-state index in [0.29, 0.717) is 35.6 Å². The Morgan fingerprint density at radius 2 is 1.91 bits per heavy atom. The molecule has 1 aliphatic rings. The first-order valence-corrected chi connectivity index (χ1v) is 11.0. The molecule has 0 atom stereocenters. The topological polar surface area (TPSA) is 73.1 Å². The Labute approximate surface area is 198 Å². The minimum atomic E-state index is -0.526. The normalized spacial score (nSPS) is 14.2. The van der Waals surface area contributed by atoms with E-state index in [9.17, 15) is 9.59 Å². The van der Waals surface area contributed by atoms with Crippen molar-refractivity contribution < 1.29 is 19.2 Å². The number of oxime groups is 1. The molecule has 0 fully saturated rings. The number of Topliss-reactive ketones (excluding diaryl/α,β-unsaturated/α-hetero) is 1. The largest absolute Gasteiger partial charge is 0.496 e. The van der Waals surface area contributed by atoms with Gasteiger partial charge in [0.25, 0.3) is 0 Å². The molecule has 1 amide bonds. The van der Waals surface area contributed by atoms with Gasteiger partial charge >= 0.3 is 6.09 Å². The number of ether oxygens (including phenoxy) is 1. The van der Waals surface area contributed by atoms with Crippen molar-refractivity contribution in [1.29, 1.82) is 0 Å². The number of ketones is 1. The van der Waals surface area contributed by atoms with Gasteiger partial charge in [-0.1, -0.05) is 42.1 Å². The molecule has 3 aromatic rings. The second-order valence-corrected chi connectivity index (χ2v) is 8.25. The van der Waals surface area contributed by atoms with Gasteiger partial charge in [-0.3, -0.25) is 9.63 Å². The van der Waals surface area contributed by atoms with E-state index in [0.717, 1.165) is 27.7 Å². The molecule has 7 nitrogen and oxygen atoms in total. The highest BCUT2D eigenvalue weighted by molar-refractivity contribution is 6.16. The highest BCUT2D eigenvalue weighted by atomic mass is 16.7. The summed E-state index contributed by atoms with van der Waals surface area (Å²) >= 11 is 0. The molecule has 0 saturated carbocycles. The number of methoxy groups -OCH3 is 1. The van der Waals surface area contributed by atoms with Crippen molar-refractivity contribution in [2.24, 2.45) is 5.16 Å². The number of hydrogen-bond donors (Lipinski definition) is 0. The molecule has 174 valence electrons. The molecule has 4 rings (SSSR count). The van der Waals surface area contributed by atoms with E-state index in [1.54, 1.807) is 33.3 Å². The van der Waals surface area contributed by atoms with Crippen LogP contribution in [0.1, 0.15) is 40.5 Å². The van der Waals surface area contributed by atoms with Crippen LogP contribution in [0.25, 0.3) is 23.1 Å². The number of benzene rings is 2. The third-order valence-corrected chi connectivity index (χ3v) is 5.91. The Balaban J connectivity index is 1.82. The number of allylic oxidation sites excluding steroid dienone is 1. The SMILES string of the molecule is C=Cc1c(/C=C(\C)C(=O)c2ccccc2OC)c2cccc3c2n1CC/C3=N\OC(=O)N(C)C. The van der Waals surface area contributed by atoms with Gasteiger partial charge in [0, 0.05) is 49.3 Å². The van der Waals surface area contributed by atoms with Crippen molar-refractivity contribution in [1.82, 2.24) is 9.47 Å². The molecule has 0 aliphatic carbocycles. The number of nitrogens with zero attached hydrogens (tertiary/aromatic N) is 3. The van der Waals surface area contributed by atoms with Crippen molar-refractivity contribution in [3.8, 4) is 5.75 Å². The van der Waals surface area contributed by atoms with Crippen LogP contribution in [0.15, 0.2) is 59.8 Å². The van der Waals surface area contributed by atoms with Gasteiger partial charge in [-0.05, 0) is 36.8 Å². The molecule has 0 radical (unpaired) electrons. The molecular weight excluding hydrogens is 430 g/mol. The van der Waals surface area contributed by atoms with Crippen molar-refractivity contribution in [2.75, 3.05) is 21.2 Å². The van der Waals surface area contributed by atoms with E-state index in [2.05, 4.69) is 16.3 Å². The van der Waals surface area contributed by atoms with Crippen LogP contribution in [0.4, 0.5) is 4.79 Å². The van der Waals surface area contributed by atoms with Gasteiger partial charge in [0.2, 0.25) is 0 Å². The summed E-state index contributed by atoms with van der Waals surface area (Å²) in [5, 5.41) is 5.12. The average Bonchev–Trinajstić information content (AvgIpc) is 3.16. The number of para-hydroxylation sites is 2. The zero-order chi connectivity index (χ0) is 24.4. The molecule has 0 spiro atoms. The lowest BCUT2D eigenvalue weighted by Gasteiger charge is -2.18. The predicted octanol–water partition coefficient (Wildman–Crippen LogP) is 5.39. The molecule has 1 aliphatic heterocycles. The van der Waals surface area contributed by atoms with Crippen LogP contribution in [-0.2, 0) is 11.4 Å². The Kier molecular flexibility index (Phi) is 6.36. The number of carbonyl (C=O) groups is 2. The van der Waals surface area contributed by atoms with Crippen molar-refractivity contribution in [3.05, 3.63) is 77.0 Å². The number of carbonyl (C=O) groups excluding carboxylic acids is 2. The zero-order valence-corrected chi connectivity index (χ0v) is 19.8. The second-order valence-electron chi connectivity index (χ2n) is 8.25. The van der Waals surface area contributed by atoms with Crippen LogP contribution in [0, 0.1) is 0 Å². The molecule has 0 bridgehead atoms. The molecule has 34 heavy (non-hydrogen) atoms. The van der Waals surface area contributed by atoms with E-state index in [1.807, 2.05) is 49.4 Å². The Bertz CT molecular complexity index is 1360. The quantitative estimate of drug-likeness (QED) is 0.215. The van der Waals surface area contributed by atoms with Crippen LogP contribution in [0.3, 0.4) is 0 Å². The lowest BCUT2D eigenvalue weighted by atomic mass is 9.98. The molecule has 0 N–H and O–H groups in total. The lowest BCUT2D eigenvalue weighted by molar-refractivity contribution is 0.103. The first-order valence-electron chi connectivity index (χ1n) is 11.0. The second kappa shape index (κ2) is 9.39. The summed E-state index contributed by atoms with van der Waals surface area (Å²) in [6.07, 6.45) is 3.79. The summed E-state index contributed by atoms with van der Waals surface area (Å²) in [6.45, 7) is 6.49. The number of aryl methyl sites for hydroxylation is 1. The van der Waals surface area contributed by atoms with Gasteiger partial charge in [0.05, 0.1) is 23.9 Å². The van der Waals surface area contributed by atoms with Crippen molar-refractivity contribution in [3.63, 3.8) is 0 Å². The third kappa shape index (κ3) is 4.01. The van der Waals surface area contributed by atoms with Crippen LogP contribution >= 0.6 is 0 Å². The van der Waals surface area contributed by atoms with Crippen LogP contribution in [0.5, 0.6) is 5.75 Å². The van der Waals surface area contributed by atoms with Gasteiger partial charge < -0.3 is 14.2 Å². The maximum Gasteiger partial charge on any atom is 0.435 e. The first-order chi connectivity index (χ1) is 16.4. The van der Waals surface area contributed by atoms with E-state index in [4.69, 9.17) is 9.57 Å². The summed E-state index contributed by atoms with van der Waals surface area (Å²) in [7, 11) is 4.78. The number of amides is 1. The number of hydrogen-bond acceptors (Lipinski definition) is 5. The van der Waals surface area contributed by atoms with E-state index in [-0.39, 0.29) is 5.78 Å². The standard InChI is InChI=1S/C27H27N3O4/c1-6-23-21(16-17(2)26(31)20-10-7-8-13-24(20)33-5)18-11-9-12-19-22(14-15-30(23)25(18)19)28-34-27(32)29(3)4/h6-13,16H,1,14-15H2,2-5H3/b17-16+,28-22+. The molecule has 0 unspecified atom stereocenters. The van der Waals surface area contributed by atoms with Gasteiger partial charge in [0.15, 0.2) is 5.78 Å². The average molecular weight is 458 g/mol. The molecule has 0 saturated heterocycles. The molecule has 7 heteroatoms. The van der Waals surface area contributed by atoms with Gasteiger partial charge in [-0.15, -0.1) is 0 Å². The highest BCUT2D eigenvalue weighted by Crippen LogP contribution is 2.35. The van der Waals surface area contributed by atoms with Crippen molar-refractivity contribution >= 4 is 40.6 Å². The predicted molar refractivity (Wildman–Crippen MR) is 134 cm³/mol. The molecule has 1 aromatic heterocycles. The Hall–Kier alpha value is -4.13. The fraction of sp³-hybridized carbons (Fsp3) is 0.222. The Morgan fingerprint density at radius 1 is 1.15 bits per heavy atom. The molecular formula is C27H27N3O4. The van der Waals surface area contributed by atoms with E-state index >= 15 is 0 Å². The number of rotatable bonds is 6. The van der Waals surface area contributed by atoms with Gasteiger partial charge in [-0.25, -0.2) is 4.79 Å². The third-order valence-electron chi connectivity index (χ3n) is 5.91. The highest BCUT2D eigenvalue weighted by Gasteiger charge is 2.25. The molecule has 2 heterocycles. The zero-order valence-electron chi connectivity index (χ0n) is 19.8. The van der Waals surface area contributed by atoms with E-state index in [1.165, 1.54) is 4.90 Å². The summed E-state index contributed by atoms with van der Waals surface area (Å²) in [6, 6.07) is 13.1. The monoisotopic (exact) mass is 457 g/mol. The lowest BCUT2D eigenvalue weighted by Crippen LogP contribution is -2.22. The minimum absolute atomic E-state index is 0.0998. The first kappa shape index (κ1) is 23.0. The van der Waals surface area contributed by atoms with Gasteiger partial charge in [-0.2, -0.15) is 0 Å². The van der Waals surface area contributed by atoms with Crippen LogP contribution in [0.2, 0.25) is 0 Å². The fourth-order valence-electron chi connectivity index (χ4n) is 4.24. The summed E-state index contributed by atoms with van der Waals surface area (Å²) in [4.78, 5) is 31.5. The minimum Gasteiger partial charge on any atom is -0.496 e. The van der Waals surface area contributed by atoms with Crippen LogP contribution < -0.4 is 4.74 Å². The van der Waals surface area contributed by atoms with Crippen molar-refractivity contribution in [2.45, 2.75) is 19.9 Å². The molecule has 2 aromatic carbocycles. The maximum atomic E-state index is 13.2.